The predicted molar refractivity (Wildman–Crippen MR) is 124 cm³/mol. The number of nitrogens with one attached hydrogen (secondary N) is 1. The van der Waals surface area contributed by atoms with Gasteiger partial charge in [0.2, 0.25) is 19.9 Å². The molecule has 3 aromatic carbocycles. The van der Waals surface area contributed by atoms with Gasteiger partial charge in [0, 0.05) is 13.0 Å². The molecular weight excluding hydrogens is 446 g/mol. The van der Waals surface area contributed by atoms with Gasteiger partial charge in [0.25, 0.3) is 0 Å². The van der Waals surface area contributed by atoms with E-state index in [0.29, 0.717) is 12.0 Å². The molecule has 0 heterocycles. The van der Waals surface area contributed by atoms with Crippen LogP contribution in [0.4, 0.5) is 0 Å². The molecule has 0 fully saturated rings. The number of benzene rings is 3. The third kappa shape index (κ3) is 6.04. The minimum absolute atomic E-state index is 0.0492. The fraction of sp³-hybridized carbons (Fsp3) is 0.250. The van der Waals surface area contributed by atoms with Gasteiger partial charge in [-0.25, -0.2) is 21.6 Å². The highest BCUT2D eigenvalue weighted by Crippen LogP contribution is 2.27. The first-order valence-corrected chi connectivity index (χ1v) is 13.1. The van der Waals surface area contributed by atoms with Crippen molar-refractivity contribution in [2.45, 2.75) is 47.0 Å². The molecule has 0 saturated heterocycles. The molecule has 0 saturated carbocycles. The van der Waals surface area contributed by atoms with Crippen LogP contribution in [0.3, 0.4) is 0 Å². The van der Waals surface area contributed by atoms with Gasteiger partial charge >= 0.3 is 0 Å². The normalized spacial score (nSPS) is 12.6. The summed E-state index contributed by atoms with van der Waals surface area (Å²) in [5, 5.41) is 10.3. The first-order valence-electron chi connectivity index (χ1n) is 10.2. The third-order valence-corrected chi connectivity index (χ3v) is 8.17. The first kappa shape index (κ1) is 24.1. The third-order valence-electron chi connectivity index (χ3n) is 4.86. The molecular formula is C24H27NO5S2. The number of sulfonamides is 1. The molecule has 0 aliphatic carbocycles. The smallest absolute Gasteiger partial charge is 0.240 e. The van der Waals surface area contributed by atoms with Crippen molar-refractivity contribution >= 4 is 19.9 Å². The molecule has 0 bridgehead atoms. The van der Waals surface area contributed by atoms with Gasteiger partial charge in [-0.15, -0.1) is 0 Å². The summed E-state index contributed by atoms with van der Waals surface area (Å²) in [6.07, 6.45) is 0.538. The molecule has 2 N–H and O–H groups in total. The van der Waals surface area contributed by atoms with Gasteiger partial charge in [0.05, 0.1) is 20.3 Å². The second-order valence-corrected chi connectivity index (χ2v) is 11.9. The van der Waals surface area contributed by atoms with Gasteiger partial charge < -0.3 is 5.11 Å². The zero-order valence-corrected chi connectivity index (χ0v) is 19.7. The zero-order valence-electron chi connectivity index (χ0n) is 18.0. The molecule has 8 heteroatoms. The van der Waals surface area contributed by atoms with Crippen molar-refractivity contribution in [1.29, 1.82) is 0 Å². The molecule has 3 rings (SSSR count). The average Bonchev–Trinajstić information content (AvgIpc) is 2.74. The largest absolute Gasteiger partial charge is 0.390 e. The Bertz CT molecular complexity index is 1260. The van der Waals surface area contributed by atoms with Crippen LogP contribution in [0.5, 0.6) is 0 Å². The van der Waals surface area contributed by atoms with Crippen molar-refractivity contribution in [3.8, 4) is 0 Å². The second kappa shape index (κ2) is 9.54. The fourth-order valence-electron chi connectivity index (χ4n) is 3.35. The van der Waals surface area contributed by atoms with Gasteiger partial charge in [0.15, 0.2) is 0 Å². The maximum atomic E-state index is 13.2. The van der Waals surface area contributed by atoms with E-state index < -0.39 is 25.5 Å². The molecule has 0 spiro atoms. The molecule has 0 aliphatic rings. The number of sulfone groups is 1. The van der Waals surface area contributed by atoms with Gasteiger partial charge in [-0.2, -0.15) is 0 Å². The van der Waals surface area contributed by atoms with Gasteiger partial charge in [-0.05, 0) is 55.7 Å². The molecule has 0 aromatic heterocycles. The maximum absolute atomic E-state index is 13.2. The zero-order chi connectivity index (χ0) is 23.4. The van der Waals surface area contributed by atoms with E-state index in [1.54, 1.807) is 32.0 Å². The lowest BCUT2D eigenvalue weighted by Crippen LogP contribution is -2.29. The second-order valence-electron chi connectivity index (χ2n) is 8.21. The van der Waals surface area contributed by atoms with E-state index in [2.05, 4.69) is 4.72 Å². The van der Waals surface area contributed by atoms with E-state index in [9.17, 15) is 21.9 Å². The lowest BCUT2D eigenvalue weighted by atomic mass is 9.99. The molecule has 0 radical (unpaired) electrons. The Morgan fingerprint density at radius 3 is 2.00 bits per heavy atom. The number of hydrogen-bond acceptors (Lipinski definition) is 5. The summed E-state index contributed by atoms with van der Waals surface area (Å²) in [6.45, 7) is 3.30. The molecule has 6 nitrogen and oxygen atoms in total. The van der Waals surface area contributed by atoms with Crippen LogP contribution in [0.1, 0.15) is 25.0 Å². The van der Waals surface area contributed by atoms with E-state index in [-0.39, 0.29) is 27.7 Å². The highest BCUT2D eigenvalue weighted by atomic mass is 32.2. The molecule has 0 amide bonds. The molecule has 0 atom stereocenters. The quantitative estimate of drug-likeness (QED) is 0.496. The van der Waals surface area contributed by atoms with Crippen LogP contribution in [0.15, 0.2) is 93.5 Å². The van der Waals surface area contributed by atoms with E-state index in [0.717, 1.165) is 5.56 Å². The van der Waals surface area contributed by atoms with Crippen LogP contribution < -0.4 is 4.72 Å². The number of rotatable bonds is 9. The SMILES string of the molecule is CC(C)(O)Cc1ccc(S(=O)(=O)c2ccccc2)cc1S(=O)(=O)NCCc1ccccc1. The summed E-state index contributed by atoms with van der Waals surface area (Å²) in [5.74, 6) is 0. The van der Waals surface area contributed by atoms with Crippen molar-refractivity contribution in [3.05, 3.63) is 90.0 Å². The summed E-state index contributed by atoms with van der Waals surface area (Å²) in [5.41, 5.74) is 0.151. The molecule has 0 aliphatic heterocycles. The van der Waals surface area contributed by atoms with Crippen molar-refractivity contribution in [2.24, 2.45) is 0 Å². The monoisotopic (exact) mass is 473 g/mol. The molecule has 170 valence electrons. The van der Waals surface area contributed by atoms with Crippen molar-refractivity contribution in [1.82, 2.24) is 4.72 Å². The van der Waals surface area contributed by atoms with Crippen LogP contribution in [0.25, 0.3) is 0 Å². The minimum atomic E-state index is -4.02. The van der Waals surface area contributed by atoms with E-state index >= 15 is 0 Å². The molecule has 3 aromatic rings. The Balaban J connectivity index is 1.97. The van der Waals surface area contributed by atoms with Crippen molar-refractivity contribution in [2.75, 3.05) is 6.54 Å². The summed E-state index contributed by atoms with van der Waals surface area (Å²) in [7, 11) is -7.92. The highest BCUT2D eigenvalue weighted by Gasteiger charge is 2.26. The first-order chi connectivity index (χ1) is 15.0. The van der Waals surface area contributed by atoms with Crippen LogP contribution in [-0.2, 0) is 32.7 Å². The van der Waals surface area contributed by atoms with Crippen molar-refractivity contribution in [3.63, 3.8) is 0 Å². The van der Waals surface area contributed by atoms with E-state index in [4.69, 9.17) is 0 Å². The topological polar surface area (TPSA) is 101 Å². The maximum Gasteiger partial charge on any atom is 0.240 e. The Kier molecular flexibility index (Phi) is 7.19. The summed E-state index contributed by atoms with van der Waals surface area (Å²) < 4.78 is 55.0. The van der Waals surface area contributed by atoms with Crippen molar-refractivity contribution < 1.29 is 21.9 Å². The summed E-state index contributed by atoms with van der Waals surface area (Å²) >= 11 is 0. The van der Waals surface area contributed by atoms with Gasteiger partial charge in [0.1, 0.15) is 0 Å². The lowest BCUT2D eigenvalue weighted by Gasteiger charge is -2.20. The van der Waals surface area contributed by atoms with Crippen LogP contribution in [0, 0.1) is 0 Å². The minimum Gasteiger partial charge on any atom is -0.390 e. The molecule has 0 unspecified atom stereocenters. The highest BCUT2D eigenvalue weighted by molar-refractivity contribution is 7.91. The summed E-state index contributed by atoms with van der Waals surface area (Å²) in [6, 6.07) is 21.3. The Hall–Kier alpha value is -2.52. The van der Waals surface area contributed by atoms with Gasteiger partial charge in [-0.1, -0.05) is 54.6 Å². The number of hydrogen-bond donors (Lipinski definition) is 2. The van der Waals surface area contributed by atoms with Gasteiger partial charge in [-0.3, -0.25) is 0 Å². The Morgan fingerprint density at radius 1 is 0.812 bits per heavy atom. The number of aliphatic hydroxyl groups is 1. The fourth-order valence-corrected chi connectivity index (χ4v) is 6.03. The lowest BCUT2D eigenvalue weighted by molar-refractivity contribution is 0.0803. The van der Waals surface area contributed by atoms with E-state index in [1.807, 2.05) is 30.3 Å². The molecule has 32 heavy (non-hydrogen) atoms. The van der Waals surface area contributed by atoms with E-state index in [1.165, 1.54) is 30.3 Å². The van der Waals surface area contributed by atoms with Crippen LogP contribution >= 0.6 is 0 Å². The Labute approximate surface area is 189 Å². The average molecular weight is 474 g/mol. The summed E-state index contributed by atoms with van der Waals surface area (Å²) in [4.78, 5) is -0.188. The Morgan fingerprint density at radius 2 is 1.41 bits per heavy atom. The van der Waals surface area contributed by atoms with Crippen LogP contribution in [0.2, 0.25) is 0 Å². The van der Waals surface area contributed by atoms with Crippen LogP contribution in [-0.4, -0.2) is 34.1 Å². The standard InChI is InChI=1S/C24H27NO5S2/c1-24(2,26)18-20-13-14-22(31(27,28)21-11-7-4-8-12-21)17-23(20)32(29,30)25-16-15-19-9-5-3-6-10-19/h3-14,17,25-26H,15-16,18H2,1-2H3. The predicted octanol–water partition coefficient (Wildman–Crippen LogP) is 3.35.